The van der Waals surface area contributed by atoms with Crippen molar-refractivity contribution in [2.24, 2.45) is 0 Å². The largest absolute Gasteiger partial charge is 0.341 e. The van der Waals surface area contributed by atoms with Crippen molar-refractivity contribution in [1.82, 2.24) is 4.90 Å². The molecular weight excluding hydrogens is 334 g/mol. The number of sulfone groups is 1. The van der Waals surface area contributed by atoms with Crippen molar-refractivity contribution in [3.8, 4) is 0 Å². The van der Waals surface area contributed by atoms with Crippen LogP contribution in [-0.2, 0) is 27.6 Å². The Balaban J connectivity index is 1.92. The molecule has 0 bridgehead atoms. The Morgan fingerprint density at radius 1 is 0.960 bits per heavy atom. The zero-order valence-corrected chi connectivity index (χ0v) is 15.8. The van der Waals surface area contributed by atoms with E-state index >= 15 is 0 Å². The average Bonchev–Trinajstić information content (AvgIpc) is 2.60. The van der Waals surface area contributed by atoms with Gasteiger partial charge < -0.3 is 4.90 Å². The Morgan fingerprint density at radius 2 is 1.52 bits per heavy atom. The Bertz CT molecular complexity index is 809. The molecule has 0 fully saturated rings. The number of hydrogen-bond acceptors (Lipinski definition) is 3. The SMILES string of the molecule is CCc1ccc(CN(C)C(=O)CCS(=O)(=O)c2ccc(C)cc2)cc1. The smallest absolute Gasteiger partial charge is 0.223 e. The molecule has 0 saturated carbocycles. The van der Waals surface area contributed by atoms with Crippen LogP contribution in [0.1, 0.15) is 30.0 Å². The molecule has 0 radical (unpaired) electrons. The van der Waals surface area contributed by atoms with Gasteiger partial charge in [0.15, 0.2) is 9.84 Å². The van der Waals surface area contributed by atoms with E-state index in [-0.39, 0.29) is 23.0 Å². The Morgan fingerprint density at radius 3 is 2.08 bits per heavy atom. The lowest BCUT2D eigenvalue weighted by Gasteiger charge is -2.17. The zero-order valence-electron chi connectivity index (χ0n) is 15.0. The van der Waals surface area contributed by atoms with Crippen LogP contribution in [0.25, 0.3) is 0 Å². The standard InChI is InChI=1S/C20H25NO3S/c1-4-17-7-9-18(10-8-17)15-21(3)20(22)13-14-25(23,24)19-11-5-16(2)6-12-19/h5-12H,4,13-15H2,1-3H3. The predicted octanol–water partition coefficient (Wildman–Crippen LogP) is 3.38. The molecule has 0 N–H and O–H groups in total. The third-order valence-electron chi connectivity index (χ3n) is 4.24. The highest BCUT2D eigenvalue weighted by Gasteiger charge is 2.18. The number of amides is 1. The van der Waals surface area contributed by atoms with Crippen molar-refractivity contribution in [3.63, 3.8) is 0 Å². The molecule has 0 atom stereocenters. The molecule has 0 spiro atoms. The third-order valence-corrected chi connectivity index (χ3v) is 5.97. The van der Waals surface area contributed by atoms with Crippen molar-refractivity contribution < 1.29 is 13.2 Å². The monoisotopic (exact) mass is 359 g/mol. The molecule has 0 aliphatic rings. The van der Waals surface area contributed by atoms with Crippen LogP contribution < -0.4 is 0 Å². The second kappa shape index (κ2) is 8.30. The van der Waals surface area contributed by atoms with E-state index in [1.165, 1.54) is 5.56 Å². The Kier molecular flexibility index (Phi) is 6.37. The van der Waals surface area contributed by atoms with E-state index in [4.69, 9.17) is 0 Å². The van der Waals surface area contributed by atoms with Gasteiger partial charge in [-0.2, -0.15) is 0 Å². The van der Waals surface area contributed by atoms with Gasteiger partial charge in [-0.25, -0.2) is 8.42 Å². The average molecular weight is 359 g/mol. The van der Waals surface area contributed by atoms with Gasteiger partial charge in [-0.3, -0.25) is 4.79 Å². The van der Waals surface area contributed by atoms with Gasteiger partial charge in [0.1, 0.15) is 0 Å². The summed E-state index contributed by atoms with van der Waals surface area (Å²) in [5.74, 6) is -0.344. The second-order valence-corrected chi connectivity index (χ2v) is 8.41. The molecule has 2 rings (SSSR count). The molecule has 0 aliphatic carbocycles. The Labute approximate surface area is 150 Å². The first-order valence-electron chi connectivity index (χ1n) is 8.43. The van der Waals surface area contributed by atoms with Gasteiger partial charge in [0.25, 0.3) is 0 Å². The first kappa shape index (κ1) is 19.2. The highest BCUT2D eigenvalue weighted by molar-refractivity contribution is 7.91. The predicted molar refractivity (Wildman–Crippen MR) is 100 cm³/mol. The molecule has 2 aromatic carbocycles. The van der Waals surface area contributed by atoms with Crippen molar-refractivity contribution in [1.29, 1.82) is 0 Å². The highest BCUT2D eigenvalue weighted by atomic mass is 32.2. The lowest BCUT2D eigenvalue weighted by atomic mass is 10.1. The molecule has 0 heterocycles. The Hall–Kier alpha value is -2.14. The summed E-state index contributed by atoms with van der Waals surface area (Å²) < 4.78 is 24.7. The quantitative estimate of drug-likeness (QED) is 0.761. The molecule has 4 nitrogen and oxygen atoms in total. The van der Waals surface area contributed by atoms with E-state index < -0.39 is 9.84 Å². The summed E-state index contributed by atoms with van der Waals surface area (Å²) in [4.78, 5) is 14.1. The lowest BCUT2D eigenvalue weighted by molar-refractivity contribution is -0.130. The fourth-order valence-corrected chi connectivity index (χ4v) is 3.75. The fraction of sp³-hybridized carbons (Fsp3) is 0.350. The second-order valence-electron chi connectivity index (χ2n) is 6.30. The van der Waals surface area contributed by atoms with E-state index in [1.54, 1.807) is 36.2 Å². The number of carbonyl (C=O) groups excluding carboxylic acids is 1. The molecule has 0 aromatic heterocycles. The molecule has 5 heteroatoms. The van der Waals surface area contributed by atoms with E-state index in [0.717, 1.165) is 17.5 Å². The fourth-order valence-electron chi connectivity index (χ4n) is 2.52. The maximum atomic E-state index is 12.3. The third kappa shape index (κ3) is 5.43. The van der Waals surface area contributed by atoms with Crippen LogP contribution in [0.15, 0.2) is 53.4 Å². The summed E-state index contributed by atoms with van der Waals surface area (Å²) in [7, 11) is -1.73. The maximum Gasteiger partial charge on any atom is 0.223 e. The number of aryl methyl sites for hydroxylation is 2. The summed E-state index contributed by atoms with van der Waals surface area (Å²) in [5, 5.41) is 0. The molecule has 1 amide bonds. The van der Waals surface area contributed by atoms with Gasteiger partial charge in [0.05, 0.1) is 10.6 Å². The molecular formula is C20H25NO3S. The van der Waals surface area contributed by atoms with Gasteiger partial charge in [0.2, 0.25) is 5.91 Å². The number of nitrogens with zero attached hydrogens (tertiary/aromatic N) is 1. The molecule has 0 aliphatic heterocycles. The highest BCUT2D eigenvalue weighted by Crippen LogP contribution is 2.14. The van der Waals surface area contributed by atoms with E-state index in [1.807, 2.05) is 19.1 Å². The number of hydrogen-bond donors (Lipinski definition) is 0. The van der Waals surface area contributed by atoms with Crippen LogP contribution in [-0.4, -0.2) is 32.0 Å². The molecule has 25 heavy (non-hydrogen) atoms. The first-order chi connectivity index (χ1) is 11.8. The van der Waals surface area contributed by atoms with Crippen molar-refractivity contribution in [2.75, 3.05) is 12.8 Å². The molecule has 2 aromatic rings. The minimum atomic E-state index is -3.43. The van der Waals surface area contributed by atoms with Crippen LogP contribution >= 0.6 is 0 Å². The van der Waals surface area contributed by atoms with E-state index in [9.17, 15) is 13.2 Å². The van der Waals surface area contributed by atoms with Crippen molar-refractivity contribution in [3.05, 3.63) is 65.2 Å². The minimum Gasteiger partial charge on any atom is -0.341 e. The van der Waals surface area contributed by atoms with Crippen molar-refractivity contribution >= 4 is 15.7 Å². The van der Waals surface area contributed by atoms with Crippen LogP contribution in [0.4, 0.5) is 0 Å². The summed E-state index contributed by atoms with van der Waals surface area (Å²) in [6.45, 7) is 4.48. The summed E-state index contributed by atoms with van der Waals surface area (Å²) in [6, 6.07) is 14.8. The molecule has 0 unspecified atom stereocenters. The summed E-state index contributed by atoms with van der Waals surface area (Å²) in [5.41, 5.74) is 3.29. The topological polar surface area (TPSA) is 54.5 Å². The van der Waals surface area contributed by atoms with Gasteiger partial charge in [-0.1, -0.05) is 48.9 Å². The minimum absolute atomic E-state index is 0.0141. The van der Waals surface area contributed by atoms with E-state index in [0.29, 0.717) is 6.54 Å². The molecule has 0 saturated heterocycles. The van der Waals surface area contributed by atoms with Gasteiger partial charge >= 0.3 is 0 Å². The first-order valence-corrected chi connectivity index (χ1v) is 10.1. The van der Waals surface area contributed by atoms with Gasteiger partial charge in [-0.15, -0.1) is 0 Å². The molecule has 134 valence electrons. The number of carbonyl (C=O) groups is 1. The lowest BCUT2D eigenvalue weighted by Crippen LogP contribution is -2.28. The normalized spacial score (nSPS) is 11.3. The zero-order chi connectivity index (χ0) is 18.4. The summed E-state index contributed by atoms with van der Waals surface area (Å²) in [6.07, 6.45) is 0.964. The van der Waals surface area contributed by atoms with Crippen LogP contribution in [0.3, 0.4) is 0 Å². The maximum absolute atomic E-state index is 12.3. The number of rotatable bonds is 7. The van der Waals surface area contributed by atoms with Crippen LogP contribution in [0.2, 0.25) is 0 Å². The van der Waals surface area contributed by atoms with Crippen molar-refractivity contribution in [2.45, 2.75) is 38.1 Å². The number of benzene rings is 2. The van der Waals surface area contributed by atoms with Gasteiger partial charge in [-0.05, 0) is 36.6 Å². The van der Waals surface area contributed by atoms with Crippen LogP contribution in [0.5, 0.6) is 0 Å². The van der Waals surface area contributed by atoms with Gasteiger partial charge in [0, 0.05) is 20.0 Å². The van der Waals surface area contributed by atoms with E-state index in [2.05, 4.69) is 19.1 Å². The summed E-state index contributed by atoms with van der Waals surface area (Å²) >= 11 is 0. The van der Waals surface area contributed by atoms with Crippen LogP contribution in [0, 0.1) is 6.92 Å².